The zero-order valence-electron chi connectivity index (χ0n) is 16.9. The number of hydrogen-bond acceptors (Lipinski definition) is 4. The first-order valence-corrected chi connectivity index (χ1v) is 9.16. The van der Waals surface area contributed by atoms with E-state index in [2.05, 4.69) is 36.3 Å². The summed E-state index contributed by atoms with van der Waals surface area (Å²) in [6.07, 6.45) is 0. The van der Waals surface area contributed by atoms with Gasteiger partial charge in [0.25, 0.3) is 5.56 Å². The Hall–Kier alpha value is -3.22. The minimum Gasteiger partial charge on any atom is -0.324 e. The van der Waals surface area contributed by atoms with Crippen molar-refractivity contribution in [1.29, 1.82) is 0 Å². The van der Waals surface area contributed by atoms with Gasteiger partial charge in [0, 0.05) is 17.4 Å². The zero-order chi connectivity index (χ0) is 20.5. The van der Waals surface area contributed by atoms with Crippen LogP contribution in [0.3, 0.4) is 0 Å². The molecule has 0 aliphatic heterocycles. The second kappa shape index (κ2) is 7.42. The van der Waals surface area contributed by atoms with Gasteiger partial charge < -0.3 is 5.32 Å². The Balaban J connectivity index is 1.76. The summed E-state index contributed by atoms with van der Waals surface area (Å²) in [6.45, 7) is 10.0. The summed E-state index contributed by atoms with van der Waals surface area (Å²) < 4.78 is 2.79. The number of rotatable bonds is 4. The fraction of sp³-hybridized carbons (Fsp3) is 0.333. The van der Waals surface area contributed by atoms with Crippen LogP contribution < -0.4 is 10.9 Å². The van der Waals surface area contributed by atoms with Gasteiger partial charge >= 0.3 is 0 Å². The van der Waals surface area contributed by atoms with Gasteiger partial charge in [-0.1, -0.05) is 32.9 Å². The molecule has 0 radical (unpaired) electrons. The van der Waals surface area contributed by atoms with Crippen LogP contribution in [0.5, 0.6) is 0 Å². The topological polar surface area (TPSA) is 81.8 Å². The largest absolute Gasteiger partial charge is 0.324 e. The van der Waals surface area contributed by atoms with Gasteiger partial charge in [-0.25, -0.2) is 9.36 Å². The summed E-state index contributed by atoms with van der Waals surface area (Å²) in [5.41, 5.74) is 3.32. The van der Waals surface area contributed by atoms with E-state index in [1.54, 1.807) is 10.7 Å². The number of hydrogen-bond donors (Lipinski definition) is 1. The van der Waals surface area contributed by atoms with E-state index in [9.17, 15) is 9.59 Å². The van der Waals surface area contributed by atoms with Gasteiger partial charge in [-0.3, -0.25) is 9.59 Å². The molecule has 1 amide bonds. The van der Waals surface area contributed by atoms with Crippen molar-refractivity contribution in [1.82, 2.24) is 19.6 Å². The van der Waals surface area contributed by atoms with Crippen LogP contribution in [-0.2, 0) is 16.8 Å². The molecule has 1 aromatic carbocycles. The average molecular weight is 379 g/mol. The molecule has 0 unspecified atom stereocenters. The highest BCUT2D eigenvalue weighted by Gasteiger charge is 2.14. The van der Waals surface area contributed by atoms with E-state index in [4.69, 9.17) is 0 Å². The molecule has 0 aliphatic rings. The number of carbonyl (C=O) groups excluding carboxylic acids is 1. The Morgan fingerprint density at radius 2 is 1.71 bits per heavy atom. The molecule has 3 rings (SSSR count). The van der Waals surface area contributed by atoms with E-state index >= 15 is 0 Å². The van der Waals surface area contributed by atoms with E-state index in [1.165, 1.54) is 11.6 Å². The van der Waals surface area contributed by atoms with Gasteiger partial charge in [0.15, 0.2) is 5.82 Å². The standard InChI is InChI=1S/C21H25N5O2/c1-14-12-15(2)26(23-14)18-10-11-20(28)25(24-18)13-19(27)22-17-8-6-16(7-9-17)21(3,4)5/h6-12H,13H2,1-5H3,(H,22,27). The summed E-state index contributed by atoms with van der Waals surface area (Å²) in [5.74, 6) is 0.177. The van der Waals surface area contributed by atoms with Crippen LogP contribution in [0.4, 0.5) is 5.69 Å². The Morgan fingerprint density at radius 1 is 1.04 bits per heavy atom. The van der Waals surface area contributed by atoms with Crippen LogP contribution in [0.1, 0.15) is 37.7 Å². The zero-order valence-corrected chi connectivity index (χ0v) is 16.9. The number of nitrogens with one attached hydrogen (secondary N) is 1. The Bertz CT molecular complexity index is 1060. The third-order valence-corrected chi connectivity index (χ3v) is 4.41. The summed E-state index contributed by atoms with van der Waals surface area (Å²) >= 11 is 0. The molecular weight excluding hydrogens is 354 g/mol. The molecule has 0 bridgehead atoms. The molecule has 2 aromatic heterocycles. The van der Waals surface area contributed by atoms with Crippen molar-refractivity contribution in [3.05, 3.63) is 69.8 Å². The number of carbonyl (C=O) groups is 1. The third kappa shape index (κ3) is 4.36. The molecular formula is C21H25N5O2. The first kappa shape index (κ1) is 19.5. The number of benzene rings is 1. The predicted molar refractivity (Wildman–Crippen MR) is 109 cm³/mol. The number of aromatic nitrogens is 4. The highest BCUT2D eigenvalue weighted by atomic mass is 16.2. The van der Waals surface area contributed by atoms with Gasteiger partial charge in [0.05, 0.1) is 5.69 Å². The Morgan fingerprint density at radius 3 is 2.29 bits per heavy atom. The Labute approximate surface area is 164 Å². The van der Waals surface area contributed by atoms with Crippen molar-refractivity contribution in [3.8, 4) is 5.82 Å². The summed E-state index contributed by atoms with van der Waals surface area (Å²) in [5, 5.41) is 11.5. The molecule has 0 saturated heterocycles. The molecule has 2 heterocycles. The average Bonchev–Trinajstić information content (AvgIpc) is 2.95. The molecule has 0 fully saturated rings. The smallest absolute Gasteiger partial charge is 0.267 e. The van der Waals surface area contributed by atoms with Crippen molar-refractivity contribution in [2.24, 2.45) is 0 Å². The maximum atomic E-state index is 12.4. The molecule has 0 saturated carbocycles. The summed E-state index contributed by atoms with van der Waals surface area (Å²) in [4.78, 5) is 24.5. The quantitative estimate of drug-likeness (QED) is 0.756. The van der Waals surface area contributed by atoms with Gasteiger partial charge in [-0.05, 0) is 49.1 Å². The maximum absolute atomic E-state index is 12.4. The second-order valence-electron chi connectivity index (χ2n) is 7.90. The van der Waals surface area contributed by atoms with Crippen LogP contribution >= 0.6 is 0 Å². The molecule has 1 N–H and O–H groups in total. The van der Waals surface area contributed by atoms with Crippen molar-refractivity contribution in [2.45, 2.75) is 46.6 Å². The van der Waals surface area contributed by atoms with E-state index in [0.717, 1.165) is 16.1 Å². The number of aryl methyl sites for hydroxylation is 2. The minimum absolute atomic E-state index is 0.0448. The van der Waals surface area contributed by atoms with Crippen molar-refractivity contribution < 1.29 is 4.79 Å². The van der Waals surface area contributed by atoms with Crippen molar-refractivity contribution in [3.63, 3.8) is 0 Å². The predicted octanol–water partition coefficient (Wildman–Crippen LogP) is 2.98. The number of nitrogens with zero attached hydrogens (tertiary/aromatic N) is 4. The first-order chi connectivity index (χ1) is 13.1. The Kier molecular flexibility index (Phi) is 5.18. The van der Waals surface area contributed by atoms with Crippen molar-refractivity contribution in [2.75, 3.05) is 5.32 Å². The van der Waals surface area contributed by atoms with Crippen LogP contribution in [0.25, 0.3) is 5.82 Å². The fourth-order valence-corrected chi connectivity index (χ4v) is 2.92. The van der Waals surface area contributed by atoms with Gasteiger partial charge in [0.1, 0.15) is 6.54 Å². The SMILES string of the molecule is Cc1cc(C)n(-c2ccc(=O)n(CC(=O)Nc3ccc(C(C)(C)C)cc3)n2)n1. The second-order valence-corrected chi connectivity index (χ2v) is 7.90. The van der Waals surface area contributed by atoms with E-state index in [-0.39, 0.29) is 23.4 Å². The highest BCUT2D eigenvalue weighted by Crippen LogP contribution is 2.23. The van der Waals surface area contributed by atoms with Gasteiger partial charge in [-0.15, -0.1) is 5.10 Å². The minimum atomic E-state index is -0.344. The summed E-state index contributed by atoms with van der Waals surface area (Å²) in [7, 11) is 0. The number of amides is 1. The van der Waals surface area contributed by atoms with Crippen LogP contribution in [0.15, 0.2) is 47.3 Å². The molecule has 28 heavy (non-hydrogen) atoms. The van der Waals surface area contributed by atoms with E-state index in [1.807, 2.05) is 44.2 Å². The summed E-state index contributed by atoms with van der Waals surface area (Å²) in [6, 6.07) is 12.6. The molecule has 3 aromatic rings. The lowest BCUT2D eigenvalue weighted by Gasteiger charge is -2.19. The molecule has 0 aliphatic carbocycles. The van der Waals surface area contributed by atoms with Crippen LogP contribution in [0, 0.1) is 13.8 Å². The molecule has 0 atom stereocenters. The first-order valence-electron chi connectivity index (χ1n) is 9.16. The monoisotopic (exact) mass is 379 g/mol. The highest BCUT2D eigenvalue weighted by molar-refractivity contribution is 5.90. The van der Waals surface area contributed by atoms with E-state index < -0.39 is 0 Å². The van der Waals surface area contributed by atoms with Gasteiger partial charge in [0.2, 0.25) is 5.91 Å². The van der Waals surface area contributed by atoms with Crippen LogP contribution in [0.2, 0.25) is 0 Å². The molecule has 7 nitrogen and oxygen atoms in total. The number of anilines is 1. The lowest BCUT2D eigenvalue weighted by Crippen LogP contribution is -2.30. The van der Waals surface area contributed by atoms with Crippen molar-refractivity contribution >= 4 is 11.6 Å². The molecule has 0 spiro atoms. The maximum Gasteiger partial charge on any atom is 0.267 e. The normalized spacial score (nSPS) is 11.5. The van der Waals surface area contributed by atoms with E-state index in [0.29, 0.717) is 11.5 Å². The lowest BCUT2D eigenvalue weighted by molar-refractivity contribution is -0.117. The molecule has 7 heteroatoms. The molecule has 146 valence electrons. The fourth-order valence-electron chi connectivity index (χ4n) is 2.92. The van der Waals surface area contributed by atoms with Crippen LogP contribution in [-0.4, -0.2) is 25.5 Å². The lowest BCUT2D eigenvalue weighted by atomic mass is 9.87. The van der Waals surface area contributed by atoms with Gasteiger partial charge in [-0.2, -0.15) is 5.10 Å². The third-order valence-electron chi connectivity index (χ3n) is 4.41.